The average molecular weight is 276 g/mol. The fraction of sp³-hybridized carbons (Fsp3) is 0.538. The topological polar surface area (TPSA) is 99.0 Å². The Hall–Kier alpha value is -2.36. The summed E-state index contributed by atoms with van der Waals surface area (Å²) in [7, 11) is 0. The van der Waals surface area contributed by atoms with Gasteiger partial charge in [0, 0.05) is 19.3 Å². The molecule has 7 nitrogen and oxygen atoms in total. The number of hydrogen-bond acceptors (Lipinski definition) is 4. The van der Waals surface area contributed by atoms with E-state index in [1.807, 2.05) is 0 Å². The minimum Gasteiger partial charge on any atom is -0.341 e. The summed E-state index contributed by atoms with van der Waals surface area (Å²) in [5, 5.41) is 8.82. The normalized spacial score (nSPS) is 16.5. The first-order valence-electron chi connectivity index (χ1n) is 6.59. The number of nitriles is 1. The monoisotopic (exact) mass is 276 g/mol. The number of amides is 1. The van der Waals surface area contributed by atoms with Gasteiger partial charge in [0.2, 0.25) is 5.91 Å². The standard InChI is InChI=1S/C13H16N4O3/c1-9(12(19)16-5-3-2-4-6-16)17-8-10(7-14)11(18)15-13(17)20/h8-9H,2-6H2,1H3,(H,15,18,20). The molecule has 20 heavy (non-hydrogen) atoms. The highest BCUT2D eigenvalue weighted by atomic mass is 16.2. The zero-order valence-electron chi connectivity index (χ0n) is 11.3. The summed E-state index contributed by atoms with van der Waals surface area (Å²) in [6.07, 6.45) is 4.17. The number of nitrogens with zero attached hydrogens (tertiary/aromatic N) is 3. The third-order valence-corrected chi connectivity index (χ3v) is 3.53. The van der Waals surface area contributed by atoms with E-state index in [2.05, 4.69) is 4.98 Å². The van der Waals surface area contributed by atoms with Gasteiger partial charge in [-0.15, -0.1) is 0 Å². The van der Waals surface area contributed by atoms with Crippen molar-refractivity contribution in [3.8, 4) is 6.07 Å². The van der Waals surface area contributed by atoms with E-state index in [0.717, 1.165) is 30.0 Å². The number of likely N-dealkylation sites (tertiary alicyclic amines) is 1. The van der Waals surface area contributed by atoms with E-state index in [4.69, 9.17) is 5.26 Å². The Bertz CT molecular complexity index is 661. The van der Waals surface area contributed by atoms with Crippen molar-refractivity contribution in [2.75, 3.05) is 13.1 Å². The molecular formula is C13H16N4O3. The zero-order chi connectivity index (χ0) is 14.7. The smallest absolute Gasteiger partial charge is 0.329 e. The molecule has 0 aliphatic carbocycles. The average Bonchev–Trinajstić information content (AvgIpc) is 2.47. The van der Waals surface area contributed by atoms with E-state index >= 15 is 0 Å². The highest BCUT2D eigenvalue weighted by Gasteiger charge is 2.24. The molecule has 1 aliphatic heterocycles. The lowest BCUT2D eigenvalue weighted by atomic mass is 10.1. The number of nitrogens with one attached hydrogen (secondary N) is 1. The number of carbonyl (C=O) groups is 1. The molecule has 1 aliphatic rings. The van der Waals surface area contributed by atoms with Gasteiger partial charge in [0.25, 0.3) is 5.56 Å². The Morgan fingerprint density at radius 1 is 1.35 bits per heavy atom. The van der Waals surface area contributed by atoms with Gasteiger partial charge in [-0.25, -0.2) is 4.79 Å². The van der Waals surface area contributed by atoms with Crippen LogP contribution < -0.4 is 11.2 Å². The quantitative estimate of drug-likeness (QED) is 0.820. The number of rotatable bonds is 2. The SMILES string of the molecule is CC(C(=O)N1CCCCC1)n1cc(C#N)c(=O)[nH]c1=O. The van der Waals surface area contributed by atoms with E-state index in [1.165, 1.54) is 0 Å². The highest BCUT2D eigenvalue weighted by Crippen LogP contribution is 2.14. The minimum atomic E-state index is -0.732. The molecule has 2 heterocycles. The van der Waals surface area contributed by atoms with Crippen LogP contribution in [0, 0.1) is 11.3 Å². The van der Waals surface area contributed by atoms with Crippen molar-refractivity contribution < 1.29 is 4.79 Å². The van der Waals surface area contributed by atoms with E-state index in [0.29, 0.717) is 13.1 Å². The summed E-state index contributed by atoms with van der Waals surface area (Å²) in [4.78, 5) is 39.2. The lowest BCUT2D eigenvalue weighted by Gasteiger charge is -2.29. The van der Waals surface area contributed by atoms with Gasteiger partial charge < -0.3 is 4.90 Å². The molecule has 0 aromatic carbocycles. The maximum absolute atomic E-state index is 12.3. The maximum Gasteiger partial charge on any atom is 0.329 e. The molecule has 1 N–H and O–H groups in total. The summed E-state index contributed by atoms with van der Waals surface area (Å²) >= 11 is 0. The lowest BCUT2D eigenvalue weighted by Crippen LogP contribution is -2.43. The fourth-order valence-corrected chi connectivity index (χ4v) is 2.35. The van der Waals surface area contributed by atoms with Gasteiger partial charge >= 0.3 is 5.69 Å². The molecule has 0 spiro atoms. The van der Waals surface area contributed by atoms with Crippen LogP contribution in [0.3, 0.4) is 0 Å². The summed E-state index contributed by atoms with van der Waals surface area (Å²) in [6.45, 7) is 2.97. The lowest BCUT2D eigenvalue weighted by molar-refractivity contribution is -0.135. The van der Waals surface area contributed by atoms with Crippen LogP contribution in [0.25, 0.3) is 0 Å². The summed E-state index contributed by atoms with van der Waals surface area (Å²) in [5.41, 5.74) is -1.58. The van der Waals surface area contributed by atoms with E-state index < -0.39 is 17.3 Å². The summed E-state index contributed by atoms with van der Waals surface area (Å²) < 4.78 is 1.11. The number of aromatic amines is 1. The Morgan fingerprint density at radius 3 is 2.60 bits per heavy atom. The van der Waals surface area contributed by atoms with Crippen molar-refractivity contribution in [3.63, 3.8) is 0 Å². The van der Waals surface area contributed by atoms with Crippen molar-refractivity contribution in [1.82, 2.24) is 14.5 Å². The maximum atomic E-state index is 12.3. The first-order chi connectivity index (χ1) is 9.54. The Balaban J connectivity index is 2.31. The Labute approximate surface area is 115 Å². The molecule has 106 valence electrons. The molecule has 1 aromatic heterocycles. The van der Waals surface area contributed by atoms with Crippen LogP contribution in [0.5, 0.6) is 0 Å². The van der Waals surface area contributed by atoms with Crippen molar-refractivity contribution in [1.29, 1.82) is 5.26 Å². The third kappa shape index (κ3) is 2.64. The summed E-state index contributed by atoms with van der Waals surface area (Å²) in [5.74, 6) is -0.164. The first-order valence-corrected chi connectivity index (χ1v) is 6.59. The van der Waals surface area contributed by atoms with Crippen LogP contribution in [-0.4, -0.2) is 33.4 Å². The van der Waals surface area contributed by atoms with Gasteiger partial charge in [-0.2, -0.15) is 5.26 Å². The van der Waals surface area contributed by atoms with Crippen LogP contribution in [-0.2, 0) is 4.79 Å². The second-order valence-corrected chi connectivity index (χ2v) is 4.88. The van der Waals surface area contributed by atoms with Crippen LogP contribution in [0.1, 0.15) is 37.8 Å². The molecule has 1 saturated heterocycles. The molecule has 0 saturated carbocycles. The number of H-pyrrole nitrogens is 1. The predicted molar refractivity (Wildman–Crippen MR) is 71.2 cm³/mol. The van der Waals surface area contributed by atoms with E-state index in [-0.39, 0.29) is 11.5 Å². The second-order valence-electron chi connectivity index (χ2n) is 4.88. The van der Waals surface area contributed by atoms with Gasteiger partial charge in [0.15, 0.2) is 0 Å². The van der Waals surface area contributed by atoms with Gasteiger partial charge in [0.1, 0.15) is 17.7 Å². The fourth-order valence-electron chi connectivity index (χ4n) is 2.35. The number of carbonyl (C=O) groups excluding carboxylic acids is 1. The number of hydrogen-bond donors (Lipinski definition) is 1. The minimum absolute atomic E-state index is 0.164. The first kappa shape index (κ1) is 14.1. The Kier molecular flexibility index (Phi) is 4.03. The van der Waals surface area contributed by atoms with Crippen LogP contribution >= 0.6 is 0 Å². The molecule has 0 radical (unpaired) electrons. The van der Waals surface area contributed by atoms with Crippen LogP contribution in [0.2, 0.25) is 0 Å². The molecule has 0 bridgehead atoms. The largest absolute Gasteiger partial charge is 0.341 e. The van der Waals surface area contributed by atoms with Gasteiger partial charge in [-0.05, 0) is 26.2 Å². The van der Waals surface area contributed by atoms with Crippen molar-refractivity contribution >= 4 is 5.91 Å². The van der Waals surface area contributed by atoms with Crippen molar-refractivity contribution in [2.24, 2.45) is 0 Å². The third-order valence-electron chi connectivity index (χ3n) is 3.53. The van der Waals surface area contributed by atoms with Crippen LogP contribution in [0.4, 0.5) is 0 Å². The number of piperidine rings is 1. The zero-order valence-corrected chi connectivity index (χ0v) is 11.3. The molecule has 1 unspecified atom stereocenters. The van der Waals surface area contributed by atoms with Gasteiger partial charge in [-0.1, -0.05) is 0 Å². The highest BCUT2D eigenvalue weighted by molar-refractivity contribution is 5.80. The predicted octanol–water partition coefficient (Wildman–Crippen LogP) is -0.0182. The van der Waals surface area contributed by atoms with E-state index in [9.17, 15) is 14.4 Å². The molecule has 2 rings (SSSR count). The molecule has 1 aromatic rings. The summed E-state index contributed by atoms with van der Waals surface area (Å²) in [6, 6.07) is 0.976. The number of aromatic nitrogens is 2. The molecule has 1 amide bonds. The molecular weight excluding hydrogens is 260 g/mol. The van der Waals surface area contributed by atoms with Crippen molar-refractivity contribution in [3.05, 3.63) is 32.6 Å². The second kappa shape index (κ2) is 5.74. The van der Waals surface area contributed by atoms with Gasteiger partial charge in [0.05, 0.1) is 0 Å². The van der Waals surface area contributed by atoms with Crippen molar-refractivity contribution in [2.45, 2.75) is 32.2 Å². The van der Waals surface area contributed by atoms with Crippen LogP contribution in [0.15, 0.2) is 15.8 Å². The Morgan fingerprint density at radius 2 is 2.00 bits per heavy atom. The molecule has 1 fully saturated rings. The van der Waals surface area contributed by atoms with E-state index in [1.54, 1.807) is 17.9 Å². The molecule has 1 atom stereocenters. The molecule has 7 heteroatoms. The van der Waals surface area contributed by atoms with Gasteiger partial charge in [-0.3, -0.25) is 19.1 Å².